The second-order valence-corrected chi connectivity index (χ2v) is 19.0. The molecule has 0 aromatic rings. The molecule has 0 aliphatic rings. The molecule has 116 valence electrons. The van der Waals surface area contributed by atoms with Crippen molar-refractivity contribution in [3.63, 3.8) is 0 Å². The SMILES string of the molecule is [CH2-]CC(N[Si](C)(C)C(C)(C)C)N[Si](C)(C)C(C)(C)C.[Li+]. The van der Waals surface area contributed by atoms with E-state index in [1.54, 1.807) is 0 Å². The fraction of sp³-hybridized carbons (Fsp3) is 0.933. The molecular formula is C15H37LiN2Si2. The van der Waals surface area contributed by atoms with E-state index in [0.29, 0.717) is 16.2 Å². The van der Waals surface area contributed by atoms with E-state index in [0.717, 1.165) is 6.42 Å². The van der Waals surface area contributed by atoms with Gasteiger partial charge in [0.15, 0.2) is 0 Å². The summed E-state index contributed by atoms with van der Waals surface area (Å²) in [6.07, 6.45) is 1.25. The van der Waals surface area contributed by atoms with E-state index >= 15 is 0 Å². The number of rotatable bonds is 5. The van der Waals surface area contributed by atoms with Crippen LogP contribution in [0.2, 0.25) is 36.3 Å². The van der Waals surface area contributed by atoms with Crippen molar-refractivity contribution in [1.29, 1.82) is 0 Å². The molecule has 0 saturated heterocycles. The third-order valence-corrected chi connectivity index (χ3v) is 14.7. The molecule has 0 spiro atoms. The second-order valence-electron chi connectivity index (χ2n) is 8.88. The second kappa shape index (κ2) is 7.48. The maximum Gasteiger partial charge on any atom is 1.00 e. The molecule has 0 aliphatic heterocycles. The Morgan fingerprint density at radius 2 is 1.05 bits per heavy atom. The smallest absolute Gasteiger partial charge is 0.341 e. The van der Waals surface area contributed by atoms with Crippen LogP contribution in [-0.4, -0.2) is 22.6 Å². The minimum atomic E-state index is -1.48. The van der Waals surface area contributed by atoms with Gasteiger partial charge in [-0.2, -0.15) is 6.42 Å². The molecule has 0 aromatic heterocycles. The fourth-order valence-corrected chi connectivity index (χ4v) is 4.67. The Balaban J connectivity index is 0. The van der Waals surface area contributed by atoms with Crippen LogP contribution in [0.15, 0.2) is 0 Å². The summed E-state index contributed by atoms with van der Waals surface area (Å²) in [6, 6.07) is 0. The molecule has 0 unspecified atom stereocenters. The summed E-state index contributed by atoms with van der Waals surface area (Å²) in [5.41, 5.74) is 0. The third-order valence-electron chi connectivity index (χ3n) is 5.11. The van der Waals surface area contributed by atoms with Gasteiger partial charge < -0.3 is 16.9 Å². The van der Waals surface area contributed by atoms with Crippen molar-refractivity contribution in [3.05, 3.63) is 6.92 Å². The van der Waals surface area contributed by atoms with Gasteiger partial charge in [-0.25, -0.2) is 0 Å². The Morgan fingerprint density at radius 3 is 1.20 bits per heavy atom. The van der Waals surface area contributed by atoms with Crippen LogP contribution in [0, 0.1) is 6.92 Å². The van der Waals surface area contributed by atoms with E-state index in [9.17, 15) is 0 Å². The first-order valence-electron chi connectivity index (χ1n) is 7.49. The van der Waals surface area contributed by atoms with Gasteiger partial charge in [-0.15, -0.1) is 0 Å². The zero-order chi connectivity index (χ0) is 15.7. The first-order chi connectivity index (χ1) is 8.14. The zero-order valence-electron chi connectivity index (χ0n) is 16.0. The number of hydrogen-bond donors (Lipinski definition) is 2. The van der Waals surface area contributed by atoms with E-state index < -0.39 is 16.5 Å². The van der Waals surface area contributed by atoms with Gasteiger partial charge in [0.05, 0.1) is 0 Å². The van der Waals surface area contributed by atoms with Gasteiger partial charge >= 0.3 is 18.9 Å². The molecule has 0 aliphatic carbocycles. The van der Waals surface area contributed by atoms with Crippen molar-refractivity contribution in [3.8, 4) is 0 Å². The Kier molecular flexibility index (Phi) is 8.68. The van der Waals surface area contributed by atoms with Crippen molar-refractivity contribution >= 4 is 16.5 Å². The minimum absolute atomic E-state index is 0. The van der Waals surface area contributed by atoms with Gasteiger partial charge in [0, 0.05) is 6.17 Å². The molecular weight excluding hydrogens is 271 g/mol. The maximum absolute atomic E-state index is 4.14. The van der Waals surface area contributed by atoms with Crippen molar-refractivity contribution in [2.24, 2.45) is 0 Å². The van der Waals surface area contributed by atoms with Gasteiger partial charge in [-0.1, -0.05) is 67.7 Å². The monoisotopic (exact) mass is 308 g/mol. The standard InChI is InChI=1S/C15H37N2Si2.Li/c1-12-13(16-18(8,9)14(2,3)4)17-19(10,11)15(5,6)7;/h13,16-17H,1,12H2,2-11H3;/q-1;+1. The van der Waals surface area contributed by atoms with Crippen LogP contribution in [0.5, 0.6) is 0 Å². The molecule has 0 bridgehead atoms. The fourth-order valence-electron chi connectivity index (χ4n) is 1.48. The van der Waals surface area contributed by atoms with E-state index in [-0.39, 0.29) is 18.9 Å². The maximum atomic E-state index is 4.14. The van der Waals surface area contributed by atoms with E-state index in [2.05, 4.69) is 84.6 Å². The first-order valence-corrected chi connectivity index (χ1v) is 13.5. The van der Waals surface area contributed by atoms with Gasteiger partial charge in [0.1, 0.15) is 16.5 Å². The van der Waals surface area contributed by atoms with Crippen molar-refractivity contribution in [1.82, 2.24) is 9.96 Å². The molecule has 0 heterocycles. The predicted octanol–water partition coefficient (Wildman–Crippen LogP) is 1.73. The molecule has 20 heavy (non-hydrogen) atoms. The summed E-state index contributed by atoms with van der Waals surface area (Å²) in [5.74, 6) is 0. The largest absolute Gasteiger partial charge is 1.00 e. The summed E-state index contributed by atoms with van der Waals surface area (Å²) in [4.78, 5) is 7.82. The Hall–Kier alpha value is 0.951. The van der Waals surface area contributed by atoms with Gasteiger partial charge in [-0.05, 0) is 10.1 Å². The van der Waals surface area contributed by atoms with E-state index in [1.807, 2.05) is 0 Å². The molecule has 0 amide bonds. The molecule has 0 fully saturated rings. The summed E-state index contributed by atoms with van der Waals surface area (Å²) in [7, 11) is -2.96. The van der Waals surface area contributed by atoms with Crippen molar-refractivity contribution < 1.29 is 18.9 Å². The zero-order valence-corrected chi connectivity index (χ0v) is 18.0. The first kappa shape index (κ1) is 23.2. The van der Waals surface area contributed by atoms with Gasteiger partial charge in [-0.3, -0.25) is 0 Å². The van der Waals surface area contributed by atoms with Crippen LogP contribution >= 0.6 is 0 Å². The van der Waals surface area contributed by atoms with E-state index in [4.69, 9.17) is 0 Å². The predicted molar refractivity (Wildman–Crippen MR) is 94.4 cm³/mol. The Bertz CT molecular complexity index is 263. The molecule has 0 radical (unpaired) electrons. The van der Waals surface area contributed by atoms with Crippen LogP contribution in [-0.2, 0) is 0 Å². The van der Waals surface area contributed by atoms with Crippen LogP contribution < -0.4 is 28.8 Å². The number of hydrogen-bond acceptors (Lipinski definition) is 2. The normalized spacial score (nSPS) is 14.4. The van der Waals surface area contributed by atoms with Gasteiger partial charge in [0.2, 0.25) is 0 Å². The Labute approximate surface area is 142 Å². The van der Waals surface area contributed by atoms with Crippen molar-refractivity contribution in [2.75, 3.05) is 0 Å². The average molecular weight is 309 g/mol. The summed E-state index contributed by atoms with van der Waals surface area (Å²) < 4.78 is 0. The summed E-state index contributed by atoms with van der Waals surface area (Å²) in [6.45, 7) is 27.9. The van der Waals surface area contributed by atoms with E-state index in [1.165, 1.54) is 0 Å². The van der Waals surface area contributed by atoms with Crippen LogP contribution in [0.4, 0.5) is 0 Å². The molecule has 0 aromatic carbocycles. The molecule has 0 saturated carbocycles. The topological polar surface area (TPSA) is 24.1 Å². The molecule has 0 atom stereocenters. The van der Waals surface area contributed by atoms with Crippen LogP contribution in [0.3, 0.4) is 0 Å². The molecule has 2 N–H and O–H groups in total. The number of nitrogens with one attached hydrogen (secondary N) is 2. The Morgan fingerprint density at radius 1 is 0.800 bits per heavy atom. The van der Waals surface area contributed by atoms with Crippen LogP contribution in [0.1, 0.15) is 48.0 Å². The molecule has 5 heteroatoms. The van der Waals surface area contributed by atoms with Crippen LogP contribution in [0.25, 0.3) is 0 Å². The van der Waals surface area contributed by atoms with Gasteiger partial charge in [0.25, 0.3) is 0 Å². The molecule has 2 nitrogen and oxygen atoms in total. The third kappa shape index (κ3) is 6.37. The van der Waals surface area contributed by atoms with Crippen molar-refractivity contribution in [2.45, 2.75) is 90.4 Å². The molecule has 0 rings (SSSR count). The quantitative estimate of drug-likeness (QED) is 0.459. The average Bonchev–Trinajstić information content (AvgIpc) is 2.12. The minimum Gasteiger partial charge on any atom is -0.341 e. The summed E-state index contributed by atoms with van der Waals surface area (Å²) in [5, 5.41) is 0.713. The summed E-state index contributed by atoms with van der Waals surface area (Å²) >= 11 is 0.